The van der Waals surface area contributed by atoms with Gasteiger partial charge in [0.05, 0.1) is 13.2 Å². The van der Waals surface area contributed by atoms with Gasteiger partial charge in [-0.1, -0.05) is 0 Å². The van der Waals surface area contributed by atoms with Crippen molar-refractivity contribution in [1.29, 1.82) is 0 Å². The van der Waals surface area contributed by atoms with E-state index >= 15 is 0 Å². The van der Waals surface area contributed by atoms with Gasteiger partial charge in [0.1, 0.15) is 12.4 Å². The molecule has 2 heterocycles. The summed E-state index contributed by atoms with van der Waals surface area (Å²) in [4.78, 5) is 6.40. The summed E-state index contributed by atoms with van der Waals surface area (Å²) in [5, 5.41) is 3.02. The molecule has 1 aliphatic heterocycles. The molecular weight excluding hydrogens is 232 g/mol. The van der Waals surface area contributed by atoms with Crippen molar-refractivity contribution in [2.24, 2.45) is 0 Å². The number of aromatic nitrogens is 1. The summed E-state index contributed by atoms with van der Waals surface area (Å²) >= 11 is 0. The Kier molecular flexibility index (Phi) is 4.60. The van der Waals surface area contributed by atoms with E-state index in [4.69, 9.17) is 15.2 Å². The van der Waals surface area contributed by atoms with Gasteiger partial charge < -0.3 is 25.4 Å². The monoisotopic (exact) mass is 252 g/mol. The first-order valence-electron chi connectivity index (χ1n) is 6.17. The van der Waals surface area contributed by atoms with Crippen LogP contribution in [-0.4, -0.2) is 51.5 Å². The molecule has 0 spiro atoms. The zero-order valence-corrected chi connectivity index (χ0v) is 10.7. The molecule has 1 aromatic rings. The fourth-order valence-electron chi connectivity index (χ4n) is 1.85. The van der Waals surface area contributed by atoms with Gasteiger partial charge >= 0.3 is 0 Å². The van der Waals surface area contributed by atoms with Gasteiger partial charge in [-0.2, -0.15) is 4.98 Å². The maximum atomic E-state index is 5.81. The molecule has 0 saturated carbocycles. The molecule has 1 aliphatic rings. The second-order valence-corrected chi connectivity index (χ2v) is 4.14. The molecule has 0 amide bonds. The van der Waals surface area contributed by atoms with Gasteiger partial charge in [0, 0.05) is 37.5 Å². The minimum absolute atomic E-state index is 0.485. The van der Waals surface area contributed by atoms with Gasteiger partial charge in [0.2, 0.25) is 5.88 Å². The number of hydrogen-bond donors (Lipinski definition) is 2. The third kappa shape index (κ3) is 3.48. The number of nitrogen functional groups attached to an aromatic ring is 1. The first kappa shape index (κ1) is 12.9. The third-order valence-electron chi connectivity index (χ3n) is 2.78. The van der Waals surface area contributed by atoms with Crippen molar-refractivity contribution in [2.75, 3.05) is 57.1 Å². The largest absolute Gasteiger partial charge is 0.476 e. The van der Waals surface area contributed by atoms with Crippen LogP contribution in [0, 0.1) is 0 Å². The predicted molar refractivity (Wildman–Crippen MR) is 71.1 cm³/mol. The smallest absolute Gasteiger partial charge is 0.217 e. The second kappa shape index (κ2) is 6.42. The molecule has 0 aliphatic carbocycles. The molecule has 6 heteroatoms. The minimum Gasteiger partial charge on any atom is -0.476 e. The molecule has 3 N–H and O–H groups in total. The molecule has 18 heavy (non-hydrogen) atoms. The van der Waals surface area contributed by atoms with E-state index in [0.717, 1.165) is 38.5 Å². The third-order valence-corrected chi connectivity index (χ3v) is 2.78. The van der Waals surface area contributed by atoms with Crippen LogP contribution in [0.3, 0.4) is 0 Å². The van der Waals surface area contributed by atoms with Crippen molar-refractivity contribution in [1.82, 2.24) is 10.3 Å². The lowest BCUT2D eigenvalue weighted by Gasteiger charge is -2.29. The summed E-state index contributed by atoms with van der Waals surface area (Å²) in [7, 11) is 1.88. The first-order chi connectivity index (χ1) is 8.79. The molecule has 1 aromatic heterocycles. The van der Waals surface area contributed by atoms with E-state index in [1.165, 1.54) is 0 Å². The Bertz CT molecular complexity index is 380. The number of ether oxygens (including phenoxy) is 2. The van der Waals surface area contributed by atoms with Crippen LogP contribution in [0.2, 0.25) is 0 Å². The second-order valence-electron chi connectivity index (χ2n) is 4.14. The normalized spacial score (nSPS) is 15.7. The average Bonchev–Trinajstić information content (AvgIpc) is 2.39. The Morgan fingerprint density at radius 1 is 1.44 bits per heavy atom. The summed E-state index contributed by atoms with van der Waals surface area (Å²) in [5.74, 6) is 1.06. The summed E-state index contributed by atoms with van der Waals surface area (Å²) in [6.45, 7) is 4.61. The first-order valence-corrected chi connectivity index (χ1v) is 6.17. The lowest BCUT2D eigenvalue weighted by Crippen LogP contribution is -2.36. The number of rotatable bonds is 5. The molecule has 1 saturated heterocycles. The van der Waals surface area contributed by atoms with Crippen LogP contribution in [0.5, 0.6) is 5.88 Å². The number of hydrogen-bond acceptors (Lipinski definition) is 6. The van der Waals surface area contributed by atoms with Crippen LogP contribution < -0.4 is 20.7 Å². The van der Waals surface area contributed by atoms with E-state index in [1.807, 2.05) is 19.2 Å². The standard InChI is InChI=1S/C12H20N4O2/c1-14-2-5-18-12-9-10(8-11(13)15-12)16-3-6-17-7-4-16/h8-9,14H,2-7H2,1H3,(H2,13,15). The Morgan fingerprint density at radius 2 is 2.22 bits per heavy atom. The van der Waals surface area contributed by atoms with Crippen LogP contribution in [0.1, 0.15) is 0 Å². The van der Waals surface area contributed by atoms with Gasteiger partial charge in [-0.15, -0.1) is 0 Å². The number of nitrogens with one attached hydrogen (secondary N) is 1. The highest BCUT2D eigenvalue weighted by Crippen LogP contribution is 2.23. The summed E-state index contributed by atoms with van der Waals surface area (Å²) in [6, 6.07) is 3.80. The SMILES string of the molecule is CNCCOc1cc(N2CCOCC2)cc(N)n1. The molecule has 0 bridgehead atoms. The van der Waals surface area contributed by atoms with Gasteiger partial charge in [-0.3, -0.25) is 0 Å². The average molecular weight is 252 g/mol. The fraction of sp³-hybridized carbons (Fsp3) is 0.583. The Hall–Kier alpha value is -1.53. The Labute approximate surface area is 107 Å². The fourth-order valence-corrected chi connectivity index (χ4v) is 1.85. The van der Waals surface area contributed by atoms with Crippen LogP contribution in [-0.2, 0) is 4.74 Å². The summed E-state index contributed by atoms with van der Waals surface area (Å²) in [5.41, 5.74) is 6.85. The lowest BCUT2D eigenvalue weighted by atomic mass is 10.3. The summed E-state index contributed by atoms with van der Waals surface area (Å²) in [6.07, 6.45) is 0. The number of anilines is 2. The molecule has 6 nitrogen and oxygen atoms in total. The van der Waals surface area contributed by atoms with Gasteiger partial charge in [-0.05, 0) is 7.05 Å². The topological polar surface area (TPSA) is 72.6 Å². The number of likely N-dealkylation sites (N-methyl/N-ethyl adjacent to an activating group) is 1. The zero-order valence-electron chi connectivity index (χ0n) is 10.7. The molecule has 2 rings (SSSR count). The van der Waals surface area contributed by atoms with E-state index in [0.29, 0.717) is 18.3 Å². The molecule has 0 unspecified atom stereocenters. The maximum Gasteiger partial charge on any atom is 0.217 e. The number of nitrogens with two attached hydrogens (primary N) is 1. The van der Waals surface area contributed by atoms with E-state index in [9.17, 15) is 0 Å². The predicted octanol–water partition coefficient (Wildman–Crippen LogP) is 0.0986. The Balaban J connectivity index is 2.05. The molecular formula is C12H20N4O2. The molecule has 100 valence electrons. The van der Waals surface area contributed by atoms with Crippen molar-refractivity contribution in [3.05, 3.63) is 12.1 Å². The van der Waals surface area contributed by atoms with E-state index in [-0.39, 0.29) is 0 Å². The lowest BCUT2D eigenvalue weighted by molar-refractivity contribution is 0.122. The Morgan fingerprint density at radius 3 is 2.94 bits per heavy atom. The molecule has 1 fully saturated rings. The highest BCUT2D eigenvalue weighted by atomic mass is 16.5. The van der Waals surface area contributed by atoms with Crippen molar-refractivity contribution in [3.63, 3.8) is 0 Å². The maximum absolute atomic E-state index is 5.81. The van der Waals surface area contributed by atoms with E-state index in [2.05, 4.69) is 15.2 Å². The van der Waals surface area contributed by atoms with E-state index < -0.39 is 0 Å². The van der Waals surface area contributed by atoms with Crippen molar-refractivity contribution in [2.45, 2.75) is 0 Å². The van der Waals surface area contributed by atoms with Gasteiger partial charge in [0.25, 0.3) is 0 Å². The highest BCUT2D eigenvalue weighted by Gasteiger charge is 2.13. The van der Waals surface area contributed by atoms with Crippen LogP contribution in [0.4, 0.5) is 11.5 Å². The van der Waals surface area contributed by atoms with E-state index in [1.54, 1.807) is 0 Å². The quantitative estimate of drug-likeness (QED) is 0.724. The summed E-state index contributed by atoms with van der Waals surface area (Å²) < 4.78 is 10.9. The van der Waals surface area contributed by atoms with Crippen LogP contribution >= 0.6 is 0 Å². The van der Waals surface area contributed by atoms with Gasteiger partial charge in [0.15, 0.2) is 0 Å². The minimum atomic E-state index is 0.485. The zero-order chi connectivity index (χ0) is 12.8. The molecule has 0 aromatic carbocycles. The number of pyridine rings is 1. The van der Waals surface area contributed by atoms with Crippen molar-refractivity contribution < 1.29 is 9.47 Å². The highest BCUT2D eigenvalue weighted by molar-refractivity contribution is 5.55. The van der Waals surface area contributed by atoms with Crippen LogP contribution in [0.15, 0.2) is 12.1 Å². The number of morpholine rings is 1. The van der Waals surface area contributed by atoms with Gasteiger partial charge in [-0.25, -0.2) is 0 Å². The van der Waals surface area contributed by atoms with Crippen molar-refractivity contribution in [3.8, 4) is 5.88 Å². The van der Waals surface area contributed by atoms with Crippen molar-refractivity contribution >= 4 is 11.5 Å². The van der Waals surface area contributed by atoms with Crippen LogP contribution in [0.25, 0.3) is 0 Å². The molecule has 0 atom stereocenters. The number of nitrogens with zero attached hydrogens (tertiary/aromatic N) is 2. The molecule has 0 radical (unpaired) electrons.